The SMILES string of the molecule is CCC1(C)C(=O)N(C)c2cc(C)ccc21. The minimum atomic E-state index is -0.322. The van der Waals surface area contributed by atoms with Gasteiger partial charge in [0, 0.05) is 12.7 Å². The Morgan fingerprint density at radius 1 is 1.40 bits per heavy atom. The van der Waals surface area contributed by atoms with Crippen molar-refractivity contribution in [2.75, 3.05) is 11.9 Å². The molecular weight excluding hydrogens is 186 g/mol. The summed E-state index contributed by atoms with van der Waals surface area (Å²) in [5.41, 5.74) is 3.12. The van der Waals surface area contributed by atoms with Gasteiger partial charge in [-0.25, -0.2) is 0 Å². The van der Waals surface area contributed by atoms with Gasteiger partial charge < -0.3 is 4.90 Å². The lowest BCUT2D eigenvalue weighted by Gasteiger charge is -2.20. The number of amides is 1. The number of aryl methyl sites for hydroxylation is 1. The van der Waals surface area contributed by atoms with Gasteiger partial charge in [-0.3, -0.25) is 4.79 Å². The fraction of sp³-hybridized carbons (Fsp3) is 0.462. The normalized spacial score (nSPS) is 24.5. The van der Waals surface area contributed by atoms with Gasteiger partial charge in [-0.15, -0.1) is 0 Å². The summed E-state index contributed by atoms with van der Waals surface area (Å²) in [4.78, 5) is 13.9. The van der Waals surface area contributed by atoms with Gasteiger partial charge in [-0.2, -0.15) is 0 Å². The summed E-state index contributed by atoms with van der Waals surface area (Å²) in [6, 6.07) is 6.27. The van der Waals surface area contributed by atoms with E-state index in [0.717, 1.165) is 12.1 Å². The molecule has 0 spiro atoms. The number of hydrogen-bond acceptors (Lipinski definition) is 1. The molecule has 1 aliphatic heterocycles. The fourth-order valence-corrected chi connectivity index (χ4v) is 2.32. The van der Waals surface area contributed by atoms with Crippen LogP contribution in [-0.4, -0.2) is 13.0 Å². The van der Waals surface area contributed by atoms with Crippen molar-refractivity contribution < 1.29 is 4.79 Å². The van der Waals surface area contributed by atoms with Crippen LogP contribution < -0.4 is 4.90 Å². The highest BCUT2D eigenvalue weighted by Gasteiger charge is 2.44. The van der Waals surface area contributed by atoms with E-state index in [9.17, 15) is 4.79 Å². The van der Waals surface area contributed by atoms with Crippen LogP contribution in [0, 0.1) is 6.92 Å². The van der Waals surface area contributed by atoms with Gasteiger partial charge in [0.25, 0.3) is 0 Å². The molecule has 1 aliphatic rings. The molecule has 1 unspecified atom stereocenters. The molecule has 1 heterocycles. The number of hydrogen-bond donors (Lipinski definition) is 0. The number of carbonyl (C=O) groups is 1. The standard InChI is InChI=1S/C13H17NO/c1-5-13(3)10-7-6-9(2)8-11(10)14(4)12(13)15/h6-8H,5H2,1-4H3. The predicted octanol–water partition coefficient (Wildman–Crippen LogP) is 2.64. The first-order valence-electron chi connectivity index (χ1n) is 5.40. The fourth-order valence-electron chi connectivity index (χ4n) is 2.32. The Labute approximate surface area is 90.9 Å². The highest BCUT2D eigenvalue weighted by Crippen LogP contribution is 2.43. The van der Waals surface area contributed by atoms with E-state index in [-0.39, 0.29) is 11.3 Å². The van der Waals surface area contributed by atoms with E-state index in [1.54, 1.807) is 4.90 Å². The molecule has 2 nitrogen and oxygen atoms in total. The molecule has 1 atom stereocenters. The molecule has 0 bridgehead atoms. The summed E-state index contributed by atoms with van der Waals surface area (Å²) in [5, 5.41) is 0. The number of likely N-dealkylation sites (N-methyl/N-ethyl adjacent to an activating group) is 1. The number of rotatable bonds is 1. The van der Waals surface area contributed by atoms with Crippen molar-refractivity contribution in [2.24, 2.45) is 0 Å². The van der Waals surface area contributed by atoms with Crippen molar-refractivity contribution in [1.82, 2.24) is 0 Å². The van der Waals surface area contributed by atoms with Gasteiger partial charge in [-0.1, -0.05) is 19.1 Å². The van der Waals surface area contributed by atoms with Crippen LogP contribution in [0.3, 0.4) is 0 Å². The Kier molecular flexibility index (Phi) is 2.10. The molecule has 15 heavy (non-hydrogen) atoms. The van der Waals surface area contributed by atoms with Crippen LogP contribution in [-0.2, 0) is 10.2 Å². The largest absolute Gasteiger partial charge is 0.314 e. The Hall–Kier alpha value is -1.31. The van der Waals surface area contributed by atoms with Crippen LogP contribution >= 0.6 is 0 Å². The van der Waals surface area contributed by atoms with Gasteiger partial charge in [0.1, 0.15) is 0 Å². The Morgan fingerprint density at radius 3 is 2.67 bits per heavy atom. The molecule has 0 aromatic heterocycles. The number of anilines is 1. The van der Waals surface area contributed by atoms with Crippen molar-refractivity contribution in [1.29, 1.82) is 0 Å². The predicted molar refractivity (Wildman–Crippen MR) is 62.2 cm³/mol. The van der Waals surface area contributed by atoms with E-state index in [4.69, 9.17) is 0 Å². The quantitative estimate of drug-likeness (QED) is 0.687. The van der Waals surface area contributed by atoms with E-state index in [1.165, 1.54) is 11.1 Å². The van der Waals surface area contributed by atoms with Crippen molar-refractivity contribution in [3.05, 3.63) is 29.3 Å². The highest BCUT2D eigenvalue weighted by molar-refractivity contribution is 6.07. The second-order valence-electron chi connectivity index (χ2n) is 4.57. The van der Waals surface area contributed by atoms with E-state index in [2.05, 4.69) is 32.0 Å². The number of fused-ring (bicyclic) bond motifs is 1. The summed E-state index contributed by atoms with van der Waals surface area (Å²) in [7, 11) is 1.86. The first-order valence-corrected chi connectivity index (χ1v) is 5.40. The molecular formula is C13H17NO. The van der Waals surface area contributed by atoms with Crippen LogP contribution in [0.5, 0.6) is 0 Å². The molecule has 1 aromatic rings. The average Bonchev–Trinajstić information content (AvgIpc) is 2.42. The summed E-state index contributed by atoms with van der Waals surface area (Å²) in [6.45, 7) is 6.16. The topological polar surface area (TPSA) is 20.3 Å². The zero-order chi connectivity index (χ0) is 11.2. The van der Waals surface area contributed by atoms with Crippen LogP contribution in [0.2, 0.25) is 0 Å². The Balaban J connectivity index is 2.66. The minimum Gasteiger partial charge on any atom is -0.314 e. The van der Waals surface area contributed by atoms with Crippen LogP contribution in [0.25, 0.3) is 0 Å². The van der Waals surface area contributed by atoms with Crippen LogP contribution in [0.4, 0.5) is 5.69 Å². The van der Waals surface area contributed by atoms with Crippen molar-refractivity contribution in [2.45, 2.75) is 32.6 Å². The maximum atomic E-state index is 12.2. The van der Waals surface area contributed by atoms with E-state index >= 15 is 0 Å². The molecule has 1 aromatic carbocycles. The molecule has 2 heteroatoms. The van der Waals surface area contributed by atoms with E-state index in [1.807, 2.05) is 14.0 Å². The van der Waals surface area contributed by atoms with Crippen molar-refractivity contribution in [3.8, 4) is 0 Å². The zero-order valence-corrected chi connectivity index (χ0v) is 9.79. The molecule has 80 valence electrons. The summed E-state index contributed by atoms with van der Waals surface area (Å²) in [6.07, 6.45) is 0.853. The molecule has 0 N–H and O–H groups in total. The van der Waals surface area contributed by atoms with E-state index in [0.29, 0.717) is 0 Å². The second kappa shape index (κ2) is 3.09. The molecule has 0 saturated heterocycles. The summed E-state index contributed by atoms with van der Waals surface area (Å²) in [5.74, 6) is 0.214. The summed E-state index contributed by atoms with van der Waals surface area (Å²) < 4.78 is 0. The average molecular weight is 203 g/mol. The van der Waals surface area contributed by atoms with Crippen molar-refractivity contribution >= 4 is 11.6 Å². The lowest BCUT2D eigenvalue weighted by Crippen LogP contribution is -2.35. The summed E-state index contributed by atoms with van der Waals surface area (Å²) >= 11 is 0. The first-order chi connectivity index (χ1) is 7.00. The number of benzene rings is 1. The maximum Gasteiger partial charge on any atom is 0.237 e. The smallest absolute Gasteiger partial charge is 0.237 e. The molecule has 0 aliphatic carbocycles. The van der Waals surface area contributed by atoms with Gasteiger partial charge in [-0.05, 0) is 37.5 Å². The third-order valence-electron chi connectivity index (χ3n) is 3.59. The van der Waals surface area contributed by atoms with Crippen LogP contribution in [0.1, 0.15) is 31.4 Å². The molecule has 0 radical (unpaired) electrons. The lowest BCUT2D eigenvalue weighted by atomic mass is 9.81. The van der Waals surface area contributed by atoms with Crippen LogP contribution in [0.15, 0.2) is 18.2 Å². The van der Waals surface area contributed by atoms with Gasteiger partial charge in [0.2, 0.25) is 5.91 Å². The third kappa shape index (κ3) is 1.21. The second-order valence-corrected chi connectivity index (χ2v) is 4.57. The number of nitrogens with zero attached hydrogens (tertiary/aromatic N) is 1. The van der Waals surface area contributed by atoms with Gasteiger partial charge >= 0.3 is 0 Å². The molecule has 0 saturated carbocycles. The molecule has 1 amide bonds. The third-order valence-corrected chi connectivity index (χ3v) is 3.59. The minimum absolute atomic E-state index is 0.214. The van der Waals surface area contributed by atoms with Gasteiger partial charge in [0.05, 0.1) is 5.41 Å². The zero-order valence-electron chi connectivity index (χ0n) is 9.79. The van der Waals surface area contributed by atoms with E-state index < -0.39 is 0 Å². The monoisotopic (exact) mass is 203 g/mol. The lowest BCUT2D eigenvalue weighted by molar-refractivity contribution is -0.122. The molecule has 2 rings (SSSR count). The first kappa shape index (κ1) is 10.2. The van der Waals surface area contributed by atoms with Gasteiger partial charge in [0.15, 0.2) is 0 Å². The van der Waals surface area contributed by atoms with Crippen molar-refractivity contribution in [3.63, 3.8) is 0 Å². The molecule has 0 fully saturated rings. The highest BCUT2D eigenvalue weighted by atomic mass is 16.2. The number of carbonyl (C=O) groups excluding carboxylic acids is 1. The Morgan fingerprint density at radius 2 is 2.07 bits per heavy atom. The Bertz CT molecular complexity index is 425. The maximum absolute atomic E-state index is 12.2.